The number of imide groups is 1. The second-order valence-corrected chi connectivity index (χ2v) is 9.03. The highest BCUT2D eigenvalue weighted by Gasteiger charge is 2.39. The van der Waals surface area contributed by atoms with Crippen LogP contribution in [0.1, 0.15) is 50.8 Å². The SMILES string of the molecule is O=C1CCC(N2Cc3c(CNCC4NCCc5sccc54)cccc3C2=O)C(=O)N1. The van der Waals surface area contributed by atoms with Crippen molar-refractivity contribution in [2.45, 2.75) is 44.4 Å². The average Bonchev–Trinajstić information content (AvgIpc) is 3.34. The van der Waals surface area contributed by atoms with E-state index in [0.29, 0.717) is 31.1 Å². The maximum absolute atomic E-state index is 12.9. The second-order valence-electron chi connectivity index (χ2n) is 8.03. The Morgan fingerprint density at radius 1 is 1.17 bits per heavy atom. The van der Waals surface area contributed by atoms with Gasteiger partial charge in [0.15, 0.2) is 0 Å². The lowest BCUT2D eigenvalue weighted by Crippen LogP contribution is -2.52. The number of carbonyl (C=O) groups excluding carboxylic acids is 3. The predicted octanol–water partition coefficient (Wildman–Crippen LogP) is 1.49. The van der Waals surface area contributed by atoms with Gasteiger partial charge in [0.25, 0.3) is 5.91 Å². The van der Waals surface area contributed by atoms with Crippen LogP contribution in [0.5, 0.6) is 0 Å². The van der Waals surface area contributed by atoms with E-state index in [1.165, 1.54) is 10.4 Å². The van der Waals surface area contributed by atoms with Crippen LogP contribution in [0, 0.1) is 0 Å². The molecule has 0 radical (unpaired) electrons. The van der Waals surface area contributed by atoms with Crippen LogP contribution in [-0.2, 0) is 29.1 Å². The Morgan fingerprint density at radius 2 is 2.07 bits per heavy atom. The highest BCUT2D eigenvalue weighted by atomic mass is 32.1. The van der Waals surface area contributed by atoms with E-state index in [1.54, 1.807) is 4.90 Å². The number of nitrogens with zero attached hydrogens (tertiary/aromatic N) is 1. The van der Waals surface area contributed by atoms with Crippen molar-refractivity contribution in [2.75, 3.05) is 13.1 Å². The van der Waals surface area contributed by atoms with Gasteiger partial charge in [-0.2, -0.15) is 0 Å². The van der Waals surface area contributed by atoms with Gasteiger partial charge in [0, 0.05) is 49.1 Å². The molecule has 2 aromatic rings. The van der Waals surface area contributed by atoms with E-state index in [2.05, 4.69) is 27.4 Å². The van der Waals surface area contributed by atoms with E-state index in [0.717, 1.165) is 30.6 Å². The van der Waals surface area contributed by atoms with Gasteiger partial charge in [-0.25, -0.2) is 0 Å². The van der Waals surface area contributed by atoms with E-state index in [9.17, 15) is 14.4 Å². The number of nitrogens with one attached hydrogen (secondary N) is 3. The zero-order valence-corrected chi connectivity index (χ0v) is 17.4. The fraction of sp³-hybridized carbons (Fsp3) is 0.409. The summed E-state index contributed by atoms with van der Waals surface area (Å²) >= 11 is 1.83. The summed E-state index contributed by atoms with van der Waals surface area (Å²) in [6, 6.07) is 7.70. The van der Waals surface area contributed by atoms with E-state index in [4.69, 9.17) is 0 Å². The fourth-order valence-electron chi connectivity index (χ4n) is 4.68. The van der Waals surface area contributed by atoms with Gasteiger partial charge in [-0.05, 0) is 47.0 Å². The van der Waals surface area contributed by atoms with E-state index >= 15 is 0 Å². The smallest absolute Gasteiger partial charge is 0.255 e. The summed E-state index contributed by atoms with van der Waals surface area (Å²) < 4.78 is 0. The molecular weight excluding hydrogens is 400 g/mol. The number of thiophene rings is 1. The highest BCUT2D eigenvalue weighted by Crippen LogP contribution is 2.30. The predicted molar refractivity (Wildman–Crippen MR) is 113 cm³/mol. The Balaban J connectivity index is 1.27. The number of amides is 3. The standard InChI is InChI=1S/C22H24N4O3S/c27-20-5-4-18(21(28)25-20)26-12-16-13(2-1-3-14(16)22(26)29)10-23-11-17-15-7-9-30-19(15)6-8-24-17/h1-3,7,9,17-18,23-24H,4-6,8,10-12H2,(H,25,27,28). The van der Waals surface area contributed by atoms with Crippen molar-refractivity contribution in [3.63, 3.8) is 0 Å². The minimum Gasteiger partial charge on any atom is -0.322 e. The topological polar surface area (TPSA) is 90.5 Å². The van der Waals surface area contributed by atoms with Gasteiger partial charge in [-0.3, -0.25) is 19.7 Å². The minimum atomic E-state index is -0.577. The molecule has 1 saturated heterocycles. The molecular formula is C22H24N4O3S. The lowest BCUT2D eigenvalue weighted by Gasteiger charge is -2.29. The molecule has 3 N–H and O–H groups in total. The zero-order chi connectivity index (χ0) is 20.7. The average molecular weight is 425 g/mol. The van der Waals surface area contributed by atoms with Crippen LogP contribution >= 0.6 is 11.3 Å². The van der Waals surface area contributed by atoms with Gasteiger partial charge in [-0.1, -0.05) is 12.1 Å². The molecule has 1 fully saturated rings. The first-order valence-corrected chi connectivity index (χ1v) is 11.3. The van der Waals surface area contributed by atoms with Crippen LogP contribution in [0.15, 0.2) is 29.6 Å². The zero-order valence-electron chi connectivity index (χ0n) is 16.6. The molecule has 0 bridgehead atoms. The monoisotopic (exact) mass is 424 g/mol. The van der Waals surface area contributed by atoms with Gasteiger partial charge >= 0.3 is 0 Å². The Kier molecular flexibility index (Phi) is 5.14. The van der Waals surface area contributed by atoms with Crippen molar-refractivity contribution < 1.29 is 14.4 Å². The largest absolute Gasteiger partial charge is 0.322 e. The molecule has 1 aromatic heterocycles. The number of fused-ring (bicyclic) bond motifs is 2. The minimum absolute atomic E-state index is 0.127. The molecule has 2 atom stereocenters. The lowest BCUT2D eigenvalue weighted by molar-refractivity contribution is -0.136. The van der Waals surface area contributed by atoms with E-state index in [1.807, 2.05) is 29.5 Å². The van der Waals surface area contributed by atoms with Crippen molar-refractivity contribution in [1.82, 2.24) is 20.9 Å². The summed E-state index contributed by atoms with van der Waals surface area (Å²) in [7, 11) is 0. The highest BCUT2D eigenvalue weighted by molar-refractivity contribution is 7.10. The summed E-state index contributed by atoms with van der Waals surface area (Å²) in [4.78, 5) is 39.7. The third kappa shape index (κ3) is 3.45. The second kappa shape index (κ2) is 7.94. The molecule has 1 aromatic carbocycles. The summed E-state index contributed by atoms with van der Waals surface area (Å²) in [5.41, 5.74) is 4.11. The summed E-state index contributed by atoms with van der Waals surface area (Å²) in [5, 5.41) is 11.6. The normalized spacial score (nSPS) is 23.3. The van der Waals surface area contributed by atoms with Crippen LogP contribution in [0.4, 0.5) is 0 Å². The Bertz CT molecular complexity index is 1020. The van der Waals surface area contributed by atoms with Gasteiger partial charge in [0.05, 0.1) is 0 Å². The van der Waals surface area contributed by atoms with Crippen molar-refractivity contribution in [2.24, 2.45) is 0 Å². The van der Waals surface area contributed by atoms with Crippen molar-refractivity contribution in [1.29, 1.82) is 0 Å². The third-order valence-corrected chi connectivity index (χ3v) is 7.24. The third-order valence-electron chi connectivity index (χ3n) is 6.24. The first kappa shape index (κ1) is 19.4. The van der Waals surface area contributed by atoms with Gasteiger partial charge in [0.2, 0.25) is 11.8 Å². The number of hydrogen-bond acceptors (Lipinski definition) is 6. The van der Waals surface area contributed by atoms with E-state index < -0.39 is 6.04 Å². The van der Waals surface area contributed by atoms with Crippen molar-refractivity contribution in [3.8, 4) is 0 Å². The summed E-state index contributed by atoms with van der Waals surface area (Å²) in [5.74, 6) is -0.768. The maximum Gasteiger partial charge on any atom is 0.255 e. The maximum atomic E-state index is 12.9. The first-order chi connectivity index (χ1) is 14.6. The molecule has 0 spiro atoms. The molecule has 3 amide bonds. The fourth-order valence-corrected chi connectivity index (χ4v) is 5.63. The molecule has 5 rings (SSSR count). The molecule has 7 nitrogen and oxygen atoms in total. The molecule has 4 heterocycles. The van der Waals surface area contributed by atoms with Gasteiger partial charge < -0.3 is 15.5 Å². The van der Waals surface area contributed by atoms with Crippen molar-refractivity contribution in [3.05, 3.63) is 56.8 Å². The number of rotatable bonds is 5. The van der Waals surface area contributed by atoms with Crippen LogP contribution in [0.3, 0.4) is 0 Å². The number of piperidine rings is 1. The number of hydrogen-bond donors (Lipinski definition) is 3. The quantitative estimate of drug-likeness (QED) is 0.633. The Hall–Kier alpha value is -2.55. The molecule has 0 aliphatic carbocycles. The van der Waals surface area contributed by atoms with Gasteiger partial charge in [0.1, 0.15) is 6.04 Å². The molecule has 2 unspecified atom stereocenters. The number of carbonyl (C=O) groups is 3. The van der Waals surface area contributed by atoms with Crippen LogP contribution in [-0.4, -0.2) is 41.8 Å². The summed E-state index contributed by atoms with van der Waals surface area (Å²) in [6.07, 6.45) is 1.74. The number of benzene rings is 1. The lowest BCUT2D eigenvalue weighted by atomic mass is 10.0. The molecule has 156 valence electrons. The Morgan fingerprint density at radius 3 is 2.93 bits per heavy atom. The van der Waals surface area contributed by atoms with E-state index in [-0.39, 0.29) is 24.1 Å². The van der Waals surface area contributed by atoms with Crippen LogP contribution < -0.4 is 16.0 Å². The van der Waals surface area contributed by atoms with Crippen LogP contribution in [0.2, 0.25) is 0 Å². The molecule has 0 saturated carbocycles. The van der Waals surface area contributed by atoms with Crippen LogP contribution in [0.25, 0.3) is 0 Å². The molecule has 8 heteroatoms. The first-order valence-electron chi connectivity index (χ1n) is 10.4. The molecule has 3 aliphatic heterocycles. The molecule has 30 heavy (non-hydrogen) atoms. The van der Waals surface area contributed by atoms with Gasteiger partial charge in [-0.15, -0.1) is 11.3 Å². The summed E-state index contributed by atoms with van der Waals surface area (Å²) in [6.45, 7) is 2.89. The Labute approximate surface area is 178 Å². The molecule has 3 aliphatic rings. The van der Waals surface area contributed by atoms with Crippen molar-refractivity contribution >= 4 is 29.1 Å².